The quantitative estimate of drug-likeness (QED) is 0.859. The number of hydrogen-bond acceptors (Lipinski definition) is 3. The van der Waals surface area contributed by atoms with E-state index in [1.807, 2.05) is 36.6 Å². The number of benzene rings is 1. The van der Waals surface area contributed by atoms with Crippen molar-refractivity contribution in [2.75, 3.05) is 6.61 Å². The number of ether oxygens (including phenoxy) is 1. The molecule has 3 nitrogen and oxygen atoms in total. The van der Waals surface area contributed by atoms with Crippen LogP contribution >= 0.6 is 11.3 Å². The minimum atomic E-state index is -0.0506. The van der Waals surface area contributed by atoms with Gasteiger partial charge in [-0.05, 0) is 48.1 Å². The highest BCUT2D eigenvalue weighted by atomic mass is 32.1. The molecule has 1 aromatic carbocycles. The summed E-state index contributed by atoms with van der Waals surface area (Å²) in [5.41, 5.74) is 2.51. The fourth-order valence-electron chi connectivity index (χ4n) is 2.61. The van der Waals surface area contributed by atoms with Gasteiger partial charge in [0.15, 0.2) is 0 Å². The van der Waals surface area contributed by atoms with Gasteiger partial charge in [0, 0.05) is 23.4 Å². The Bertz CT molecular complexity index is 676. The van der Waals surface area contributed by atoms with Crippen molar-refractivity contribution in [2.45, 2.75) is 25.8 Å². The molecular weight excluding hydrogens is 294 g/mol. The second-order valence-electron chi connectivity index (χ2n) is 5.50. The Hall–Kier alpha value is -2.07. The maximum absolute atomic E-state index is 11.9. The number of fused-ring (bicyclic) bond motifs is 1. The Morgan fingerprint density at radius 2 is 2.36 bits per heavy atom. The van der Waals surface area contributed by atoms with Crippen molar-refractivity contribution in [3.63, 3.8) is 0 Å². The van der Waals surface area contributed by atoms with Crippen LogP contribution in [0, 0.1) is 0 Å². The third kappa shape index (κ3) is 3.77. The van der Waals surface area contributed by atoms with Gasteiger partial charge >= 0.3 is 0 Å². The summed E-state index contributed by atoms with van der Waals surface area (Å²) >= 11 is 1.62. The number of nitrogens with one attached hydrogen (secondary N) is 1. The summed E-state index contributed by atoms with van der Waals surface area (Å²) < 4.78 is 5.51. The van der Waals surface area contributed by atoms with Gasteiger partial charge in [-0.25, -0.2) is 0 Å². The molecule has 1 aliphatic heterocycles. The fourth-order valence-corrected chi connectivity index (χ4v) is 3.22. The largest absolute Gasteiger partial charge is 0.493 e. The summed E-state index contributed by atoms with van der Waals surface area (Å²) in [7, 11) is 0. The lowest BCUT2D eigenvalue weighted by Gasteiger charge is -2.13. The van der Waals surface area contributed by atoms with E-state index in [1.54, 1.807) is 17.4 Å². The average Bonchev–Trinajstić information content (AvgIpc) is 3.15. The van der Waals surface area contributed by atoms with E-state index in [4.69, 9.17) is 4.74 Å². The van der Waals surface area contributed by atoms with Gasteiger partial charge in [-0.3, -0.25) is 4.79 Å². The van der Waals surface area contributed by atoms with Crippen LogP contribution in [-0.4, -0.2) is 18.6 Å². The van der Waals surface area contributed by atoms with Gasteiger partial charge in [0.2, 0.25) is 5.91 Å². The SMILES string of the molecule is CC(Cc1ccc2c(c1)CCO2)NC(=O)C=Cc1cccs1. The van der Waals surface area contributed by atoms with Gasteiger partial charge in [-0.1, -0.05) is 18.2 Å². The molecular formula is C18H19NO2S. The third-order valence-electron chi connectivity index (χ3n) is 3.63. The van der Waals surface area contributed by atoms with Crippen LogP contribution in [0.3, 0.4) is 0 Å². The highest BCUT2D eigenvalue weighted by Crippen LogP contribution is 2.26. The summed E-state index contributed by atoms with van der Waals surface area (Å²) in [6.07, 6.45) is 5.25. The molecule has 1 atom stereocenters. The highest BCUT2D eigenvalue weighted by Gasteiger charge is 2.13. The number of hydrogen-bond donors (Lipinski definition) is 1. The smallest absolute Gasteiger partial charge is 0.244 e. The van der Waals surface area contributed by atoms with Crippen molar-refractivity contribution in [1.82, 2.24) is 5.32 Å². The average molecular weight is 313 g/mol. The second kappa shape index (κ2) is 6.79. The molecule has 2 aromatic rings. The van der Waals surface area contributed by atoms with E-state index in [0.717, 1.165) is 30.1 Å². The molecule has 0 bridgehead atoms. The molecule has 22 heavy (non-hydrogen) atoms. The van der Waals surface area contributed by atoms with Crippen LogP contribution in [0.1, 0.15) is 22.9 Å². The van der Waals surface area contributed by atoms with Crippen molar-refractivity contribution in [2.24, 2.45) is 0 Å². The Kier molecular flexibility index (Phi) is 4.59. The van der Waals surface area contributed by atoms with E-state index in [1.165, 1.54) is 11.1 Å². The van der Waals surface area contributed by atoms with E-state index < -0.39 is 0 Å². The fraction of sp³-hybridized carbons (Fsp3) is 0.278. The van der Waals surface area contributed by atoms with Crippen molar-refractivity contribution >= 4 is 23.3 Å². The first kappa shape index (κ1) is 14.9. The predicted octanol–water partition coefficient (Wildman–Crippen LogP) is 3.44. The van der Waals surface area contributed by atoms with Crippen LogP contribution in [0.5, 0.6) is 5.75 Å². The van der Waals surface area contributed by atoms with Crippen molar-refractivity contribution < 1.29 is 9.53 Å². The van der Waals surface area contributed by atoms with E-state index in [2.05, 4.69) is 17.4 Å². The van der Waals surface area contributed by atoms with E-state index in [-0.39, 0.29) is 11.9 Å². The molecule has 114 valence electrons. The molecule has 0 saturated heterocycles. The van der Waals surface area contributed by atoms with Gasteiger partial charge < -0.3 is 10.1 Å². The van der Waals surface area contributed by atoms with Gasteiger partial charge in [0.05, 0.1) is 6.61 Å². The second-order valence-corrected chi connectivity index (χ2v) is 6.48. The van der Waals surface area contributed by atoms with Crippen LogP contribution in [-0.2, 0) is 17.6 Å². The maximum Gasteiger partial charge on any atom is 0.244 e. The molecule has 0 radical (unpaired) electrons. The molecule has 0 fully saturated rings. The molecule has 1 amide bonds. The minimum Gasteiger partial charge on any atom is -0.493 e. The predicted molar refractivity (Wildman–Crippen MR) is 90.3 cm³/mol. The Labute approximate surface area is 134 Å². The molecule has 0 aliphatic carbocycles. The van der Waals surface area contributed by atoms with Crippen LogP contribution in [0.15, 0.2) is 41.8 Å². The molecule has 1 unspecified atom stereocenters. The van der Waals surface area contributed by atoms with E-state index in [0.29, 0.717) is 0 Å². The summed E-state index contributed by atoms with van der Waals surface area (Å²) in [5, 5.41) is 5.00. The zero-order valence-electron chi connectivity index (χ0n) is 12.5. The summed E-state index contributed by atoms with van der Waals surface area (Å²) in [4.78, 5) is 13.0. The first-order valence-corrected chi connectivity index (χ1v) is 8.35. The molecule has 1 N–H and O–H groups in total. The maximum atomic E-state index is 11.9. The number of rotatable bonds is 5. The molecule has 2 heterocycles. The van der Waals surface area contributed by atoms with E-state index >= 15 is 0 Å². The lowest BCUT2D eigenvalue weighted by molar-refractivity contribution is -0.117. The van der Waals surface area contributed by atoms with Crippen LogP contribution in [0.2, 0.25) is 0 Å². The van der Waals surface area contributed by atoms with Crippen molar-refractivity contribution in [3.05, 3.63) is 57.8 Å². The first-order valence-electron chi connectivity index (χ1n) is 7.47. The monoisotopic (exact) mass is 313 g/mol. The number of amides is 1. The Morgan fingerprint density at radius 1 is 1.45 bits per heavy atom. The van der Waals surface area contributed by atoms with Gasteiger partial charge in [-0.2, -0.15) is 0 Å². The van der Waals surface area contributed by atoms with Crippen molar-refractivity contribution in [1.29, 1.82) is 0 Å². The van der Waals surface area contributed by atoms with Crippen LogP contribution in [0.25, 0.3) is 6.08 Å². The molecule has 4 heteroatoms. The lowest BCUT2D eigenvalue weighted by atomic mass is 10.0. The van der Waals surface area contributed by atoms with Crippen molar-refractivity contribution in [3.8, 4) is 5.75 Å². The van der Waals surface area contributed by atoms with Crippen LogP contribution in [0.4, 0.5) is 0 Å². The molecule has 1 aromatic heterocycles. The van der Waals surface area contributed by atoms with Gasteiger partial charge in [-0.15, -0.1) is 11.3 Å². The van der Waals surface area contributed by atoms with Gasteiger partial charge in [0.25, 0.3) is 0 Å². The molecule has 0 saturated carbocycles. The highest BCUT2D eigenvalue weighted by molar-refractivity contribution is 7.10. The minimum absolute atomic E-state index is 0.0506. The first-order chi connectivity index (χ1) is 10.7. The van der Waals surface area contributed by atoms with Gasteiger partial charge in [0.1, 0.15) is 5.75 Å². The number of carbonyl (C=O) groups is 1. The number of carbonyl (C=O) groups excluding carboxylic acids is 1. The molecule has 3 rings (SSSR count). The standard InChI is InChI=1S/C18H19NO2S/c1-13(19-18(20)7-5-16-3-2-10-22-16)11-14-4-6-17-15(12-14)8-9-21-17/h2-7,10,12-13H,8-9,11H2,1H3,(H,19,20). The normalized spacial score (nSPS) is 14.6. The van der Waals surface area contributed by atoms with Crippen LogP contribution < -0.4 is 10.1 Å². The topological polar surface area (TPSA) is 38.3 Å². The third-order valence-corrected chi connectivity index (χ3v) is 4.46. The zero-order chi connectivity index (χ0) is 15.4. The summed E-state index contributed by atoms with van der Waals surface area (Å²) in [5.74, 6) is 0.949. The van der Waals surface area contributed by atoms with E-state index in [9.17, 15) is 4.79 Å². The molecule has 1 aliphatic rings. The molecule has 0 spiro atoms. The lowest BCUT2D eigenvalue weighted by Crippen LogP contribution is -2.32. The zero-order valence-corrected chi connectivity index (χ0v) is 13.4. The summed E-state index contributed by atoms with van der Waals surface area (Å²) in [6.45, 7) is 2.80. The Balaban J connectivity index is 1.53. The number of thiophene rings is 1. The summed E-state index contributed by atoms with van der Waals surface area (Å²) in [6, 6.07) is 10.4. The Morgan fingerprint density at radius 3 is 3.18 bits per heavy atom.